The molecular weight excluding hydrogens is 395 g/mol. The van der Waals surface area contributed by atoms with Gasteiger partial charge in [-0.15, -0.1) is 11.3 Å². The van der Waals surface area contributed by atoms with E-state index >= 15 is 0 Å². The Kier molecular flexibility index (Phi) is 4.81. The number of rotatable bonds is 3. The number of halogens is 6. The van der Waals surface area contributed by atoms with E-state index in [1.807, 2.05) is 0 Å². The molecule has 0 aliphatic rings. The van der Waals surface area contributed by atoms with E-state index in [9.17, 15) is 26.7 Å². The molecule has 0 aliphatic carbocycles. The van der Waals surface area contributed by atoms with Gasteiger partial charge >= 0.3 is 6.18 Å². The minimum Gasteiger partial charge on any atom is -0.301 e. The highest BCUT2D eigenvalue weighted by atomic mass is 79.9. The summed E-state index contributed by atoms with van der Waals surface area (Å²) in [5.74, 6) is -3.86. The van der Waals surface area contributed by atoms with Gasteiger partial charge in [-0.05, 0) is 12.1 Å². The summed E-state index contributed by atoms with van der Waals surface area (Å²) in [6.07, 6.45) is -5.16. The van der Waals surface area contributed by atoms with Crippen molar-refractivity contribution in [3.8, 4) is 11.3 Å². The smallest absolute Gasteiger partial charge is 0.301 e. The van der Waals surface area contributed by atoms with Crippen LogP contribution in [0.3, 0.4) is 0 Å². The molecule has 1 amide bonds. The lowest BCUT2D eigenvalue weighted by Crippen LogP contribution is -2.12. The highest BCUT2D eigenvalue weighted by molar-refractivity contribution is 9.09. The summed E-state index contributed by atoms with van der Waals surface area (Å²) in [7, 11) is 0. The molecule has 1 aromatic heterocycles. The molecule has 0 bridgehead atoms. The van der Waals surface area contributed by atoms with Crippen molar-refractivity contribution >= 4 is 38.3 Å². The number of thiazole rings is 1. The van der Waals surface area contributed by atoms with Gasteiger partial charge < -0.3 is 5.32 Å². The molecule has 22 heavy (non-hydrogen) atoms. The number of carbonyl (C=O) groups excluding carboxylic acids is 1. The minimum absolute atomic E-state index is 0.00500. The van der Waals surface area contributed by atoms with Gasteiger partial charge in [0.05, 0.1) is 11.0 Å². The second kappa shape index (κ2) is 6.29. The predicted octanol–water partition coefficient (Wildman–Crippen LogP) is 4.44. The van der Waals surface area contributed by atoms with Crippen LogP contribution in [-0.2, 0) is 11.0 Å². The lowest BCUT2D eigenvalue weighted by atomic mass is 10.1. The van der Waals surface area contributed by atoms with Crippen molar-refractivity contribution in [2.45, 2.75) is 6.18 Å². The molecule has 0 spiro atoms. The third-order valence-corrected chi connectivity index (χ3v) is 3.79. The molecule has 0 saturated heterocycles. The van der Waals surface area contributed by atoms with Gasteiger partial charge in [0.2, 0.25) is 5.91 Å². The van der Waals surface area contributed by atoms with Crippen LogP contribution in [0.15, 0.2) is 17.5 Å². The molecule has 2 rings (SSSR count). The largest absolute Gasteiger partial charge is 0.422 e. The Bertz CT molecular complexity index is 716. The molecule has 1 N–H and O–H groups in total. The average molecular weight is 401 g/mol. The number of nitrogens with one attached hydrogen (secondary N) is 1. The van der Waals surface area contributed by atoms with Crippen LogP contribution in [0.5, 0.6) is 0 Å². The fraction of sp³-hybridized carbons (Fsp3) is 0.167. The predicted molar refractivity (Wildman–Crippen MR) is 74.9 cm³/mol. The number of hydrogen-bond donors (Lipinski definition) is 1. The van der Waals surface area contributed by atoms with E-state index in [4.69, 9.17) is 0 Å². The Labute approximate surface area is 133 Å². The molecule has 10 heteroatoms. The summed E-state index contributed by atoms with van der Waals surface area (Å²) in [5, 5.41) is 3.72. The SMILES string of the molecule is O=C(CBr)Nc1nc(-c2ccc(F)c(C(F)(F)F)c2F)cs1. The standard InChI is InChI=1S/C12H6BrF5N2OS/c13-3-8(21)20-11-19-7(4-22-11)5-1-2-6(14)9(10(5)15)12(16,17)18/h1-2,4H,3H2,(H,19,20,21). The maximum absolute atomic E-state index is 14.0. The van der Waals surface area contributed by atoms with Gasteiger partial charge in [0, 0.05) is 10.9 Å². The normalized spacial score (nSPS) is 11.5. The summed E-state index contributed by atoms with van der Waals surface area (Å²) >= 11 is 3.82. The van der Waals surface area contributed by atoms with E-state index in [-0.39, 0.29) is 16.2 Å². The lowest BCUT2D eigenvalue weighted by molar-refractivity contribution is -0.142. The molecule has 0 radical (unpaired) electrons. The van der Waals surface area contributed by atoms with Crippen molar-refractivity contribution in [2.24, 2.45) is 0 Å². The van der Waals surface area contributed by atoms with Crippen molar-refractivity contribution in [1.29, 1.82) is 0 Å². The highest BCUT2D eigenvalue weighted by Gasteiger charge is 2.39. The second-order valence-electron chi connectivity index (χ2n) is 4.00. The summed E-state index contributed by atoms with van der Waals surface area (Å²) in [4.78, 5) is 15.0. The van der Waals surface area contributed by atoms with Crippen LogP contribution in [0.1, 0.15) is 5.56 Å². The Hall–Kier alpha value is -1.55. The first-order chi connectivity index (χ1) is 10.2. The van der Waals surface area contributed by atoms with Crippen LogP contribution in [0.4, 0.5) is 27.1 Å². The number of amides is 1. The Balaban J connectivity index is 2.44. The first kappa shape index (κ1) is 16.8. The van der Waals surface area contributed by atoms with Crippen molar-refractivity contribution < 1.29 is 26.7 Å². The van der Waals surface area contributed by atoms with Gasteiger partial charge in [-0.25, -0.2) is 13.8 Å². The molecule has 3 nitrogen and oxygen atoms in total. The molecule has 0 fully saturated rings. The van der Waals surface area contributed by atoms with E-state index in [1.165, 1.54) is 5.38 Å². The number of carbonyl (C=O) groups is 1. The second-order valence-corrected chi connectivity index (χ2v) is 5.42. The molecule has 118 valence electrons. The van der Waals surface area contributed by atoms with E-state index in [1.54, 1.807) is 0 Å². The monoisotopic (exact) mass is 400 g/mol. The van der Waals surface area contributed by atoms with Crippen LogP contribution in [0.2, 0.25) is 0 Å². The van der Waals surface area contributed by atoms with Gasteiger partial charge in [-0.2, -0.15) is 13.2 Å². The summed E-state index contributed by atoms with van der Waals surface area (Å²) in [6.45, 7) is 0. The fourth-order valence-electron chi connectivity index (χ4n) is 1.62. The maximum Gasteiger partial charge on any atom is 0.422 e. The third-order valence-electron chi connectivity index (χ3n) is 2.52. The molecule has 2 aromatic rings. The lowest BCUT2D eigenvalue weighted by Gasteiger charge is -2.11. The molecular formula is C12H6BrF5N2OS. The van der Waals surface area contributed by atoms with Gasteiger partial charge in [0.15, 0.2) is 5.13 Å². The summed E-state index contributed by atoms with van der Waals surface area (Å²) in [6, 6.07) is 1.39. The zero-order valence-electron chi connectivity index (χ0n) is 10.5. The van der Waals surface area contributed by atoms with Crippen LogP contribution in [0, 0.1) is 11.6 Å². The van der Waals surface area contributed by atoms with Crippen LogP contribution in [-0.4, -0.2) is 16.2 Å². The fourth-order valence-corrected chi connectivity index (χ4v) is 2.48. The van der Waals surface area contributed by atoms with Gasteiger partial charge in [0.1, 0.15) is 17.2 Å². The van der Waals surface area contributed by atoms with Gasteiger partial charge in [-0.1, -0.05) is 15.9 Å². The van der Waals surface area contributed by atoms with Crippen molar-refractivity contribution in [3.05, 3.63) is 34.7 Å². The van der Waals surface area contributed by atoms with Crippen molar-refractivity contribution in [3.63, 3.8) is 0 Å². The summed E-state index contributed by atoms with van der Waals surface area (Å²) in [5.41, 5.74) is -2.59. The third kappa shape index (κ3) is 3.43. The number of hydrogen-bond acceptors (Lipinski definition) is 3. The summed E-state index contributed by atoms with van der Waals surface area (Å²) < 4.78 is 65.2. The Morgan fingerprint density at radius 1 is 1.32 bits per heavy atom. The van der Waals surface area contributed by atoms with Gasteiger partial charge in [-0.3, -0.25) is 4.79 Å². The zero-order chi connectivity index (χ0) is 16.5. The molecule has 0 unspecified atom stereocenters. The van der Waals surface area contributed by atoms with Crippen LogP contribution in [0.25, 0.3) is 11.3 Å². The number of alkyl halides is 4. The topological polar surface area (TPSA) is 42.0 Å². The Morgan fingerprint density at radius 2 is 2.00 bits per heavy atom. The van der Waals surface area contributed by atoms with Crippen LogP contribution < -0.4 is 5.32 Å². The molecule has 1 heterocycles. The van der Waals surface area contributed by atoms with E-state index in [2.05, 4.69) is 26.2 Å². The number of nitrogens with zero attached hydrogens (tertiary/aromatic N) is 1. The Morgan fingerprint density at radius 3 is 2.59 bits per heavy atom. The number of benzene rings is 1. The van der Waals surface area contributed by atoms with Gasteiger partial charge in [0.25, 0.3) is 0 Å². The number of aromatic nitrogens is 1. The van der Waals surface area contributed by atoms with Crippen molar-refractivity contribution in [1.82, 2.24) is 4.98 Å². The highest BCUT2D eigenvalue weighted by Crippen LogP contribution is 2.37. The minimum atomic E-state index is -5.16. The zero-order valence-corrected chi connectivity index (χ0v) is 12.9. The number of anilines is 1. The average Bonchev–Trinajstić information content (AvgIpc) is 2.85. The van der Waals surface area contributed by atoms with E-state index in [0.29, 0.717) is 6.07 Å². The quantitative estimate of drug-likeness (QED) is 0.611. The van der Waals surface area contributed by atoms with Crippen LogP contribution >= 0.6 is 27.3 Å². The molecule has 0 saturated carbocycles. The maximum atomic E-state index is 14.0. The first-order valence-corrected chi connectivity index (χ1v) is 7.61. The first-order valence-electron chi connectivity index (χ1n) is 5.61. The van der Waals surface area contributed by atoms with E-state index in [0.717, 1.165) is 17.4 Å². The molecule has 1 aromatic carbocycles. The van der Waals surface area contributed by atoms with Crippen molar-refractivity contribution in [2.75, 3.05) is 10.6 Å². The molecule has 0 aliphatic heterocycles. The molecule has 0 atom stereocenters. The van der Waals surface area contributed by atoms with E-state index < -0.39 is 34.8 Å².